The second-order valence-electron chi connectivity index (χ2n) is 4.09. The standard InChI is InChI=1S/C14H12F3N3/c1-10(11-6-8-18-9-7-11)19-20-13-5-3-2-4-12(13)14(15,16)17/h2-9,20H,1H3/b19-10+. The first kappa shape index (κ1) is 14.0. The summed E-state index contributed by atoms with van der Waals surface area (Å²) in [5.41, 5.74) is 3.01. The van der Waals surface area contributed by atoms with E-state index in [-0.39, 0.29) is 5.69 Å². The predicted octanol–water partition coefficient (Wildman–Crippen LogP) is 3.94. The predicted molar refractivity (Wildman–Crippen MR) is 71.5 cm³/mol. The van der Waals surface area contributed by atoms with E-state index < -0.39 is 11.7 Å². The number of nitrogens with one attached hydrogen (secondary N) is 1. The van der Waals surface area contributed by atoms with Gasteiger partial charge in [-0.1, -0.05) is 12.1 Å². The van der Waals surface area contributed by atoms with Crippen LogP contribution in [-0.2, 0) is 6.18 Å². The summed E-state index contributed by atoms with van der Waals surface area (Å²) in [4.78, 5) is 3.87. The van der Waals surface area contributed by atoms with Gasteiger partial charge in [0.25, 0.3) is 0 Å². The molecule has 0 atom stereocenters. The Hall–Kier alpha value is -2.37. The van der Waals surface area contributed by atoms with Crippen molar-refractivity contribution in [1.82, 2.24) is 4.98 Å². The maximum Gasteiger partial charge on any atom is 0.418 e. The molecule has 1 aromatic heterocycles. The molecule has 3 nitrogen and oxygen atoms in total. The number of hydrazone groups is 1. The highest BCUT2D eigenvalue weighted by molar-refractivity contribution is 5.98. The number of anilines is 1. The van der Waals surface area contributed by atoms with Crippen molar-refractivity contribution in [2.45, 2.75) is 13.1 Å². The smallest absolute Gasteiger partial charge is 0.278 e. The highest BCUT2D eigenvalue weighted by atomic mass is 19.4. The average molecular weight is 279 g/mol. The number of alkyl halides is 3. The number of para-hydroxylation sites is 1. The minimum Gasteiger partial charge on any atom is -0.278 e. The van der Waals surface area contributed by atoms with Crippen LogP contribution < -0.4 is 5.43 Å². The van der Waals surface area contributed by atoms with Crippen molar-refractivity contribution >= 4 is 11.4 Å². The fourth-order valence-corrected chi connectivity index (χ4v) is 1.63. The van der Waals surface area contributed by atoms with Crippen LogP contribution in [0.1, 0.15) is 18.1 Å². The van der Waals surface area contributed by atoms with E-state index in [1.165, 1.54) is 18.2 Å². The van der Waals surface area contributed by atoms with Gasteiger partial charge in [-0.25, -0.2) is 0 Å². The minimum absolute atomic E-state index is 0.0755. The monoisotopic (exact) mass is 279 g/mol. The Morgan fingerprint density at radius 3 is 2.40 bits per heavy atom. The number of halogens is 3. The second-order valence-corrected chi connectivity index (χ2v) is 4.09. The van der Waals surface area contributed by atoms with Gasteiger partial charge in [0.15, 0.2) is 0 Å². The lowest BCUT2D eigenvalue weighted by atomic mass is 10.2. The molecular weight excluding hydrogens is 267 g/mol. The van der Waals surface area contributed by atoms with Crippen molar-refractivity contribution in [2.24, 2.45) is 5.10 Å². The Labute approximate surface area is 114 Å². The maximum atomic E-state index is 12.8. The minimum atomic E-state index is -4.41. The Bertz CT molecular complexity index is 607. The van der Waals surface area contributed by atoms with Crippen LogP contribution in [0.25, 0.3) is 0 Å². The molecule has 0 bridgehead atoms. The molecule has 2 rings (SSSR count). The van der Waals surface area contributed by atoms with E-state index >= 15 is 0 Å². The van der Waals surface area contributed by atoms with E-state index in [4.69, 9.17) is 0 Å². The van der Waals surface area contributed by atoms with Crippen LogP contribution in [0.2, 0.25) is 0 Å². The van der Waals surface area contributed by atoms with Crippen molar-refractivity contribution in [2.75, 3.05) is 5.43 Å². The number of hydrogen-bond acceptors (Lipinski definition) is 3. The largest absolute Gasteiger partial charge is 0.418 e. The molecule has 0 saturated carbocycles. The van der Waals surface area contributed by atoms with Gasteiger partial charge in [-0.3, -0.25) is 10.4 Å². The first-order chi connectivity index (χ1) is 9.48. The van der Waals surface area contributed by atoms with Crippen LogP contribution in [-0.4, -0.2) is 10.7 Å². The molecule has 0 saturated heterocycles. The van der Waals surface area contributed by atoms with Crippen LogP contribution >= 0.6 is 0 Å². The summed E-state index contributed by atoms with van der Waals surface area (Å²) in [6, 6.07) is 8.68. The maximum absolute atomic E-state index is 12.8. The summed E-state index contributed by atoms with van der Waals surface area (Å²) in [5.74, 6) is 0. The summed E-state index contributed by atoms with van der Waals surface area (Å²) in [7, 11) is 0. The third kappa shape index (κ3) is 3.34. The van der Waals surface area contributed by atoms with E-state index in [9.17, 15) is 13.2 Å². The van der Waals surface area contributed by atoms with Gasteiger partial charge in [0, 0.05) is 18.0 Å². The van der Waals surface area contributed by atoms with E-state index in [0.717, 1.165) is 11.6 Å². The van der Waals surface area contributed by atoms with Crippen molar-refractivity contribution in [3.63, 3.8) is 0 Å². The molecule has 1 heterocycles. The zero-order valence-corrected chi connectivity index (χ0v) is 10.6. The third-order valence-corrected chi connectivity index (χ3v) is 2.67. The number of pyridine rings is 1. The molecule has 104 valence electrons. The van der Waals surface area contributed by atoms with Crippen molar-refractivity contribution in [3.05, 3.63) is 59.9 Å². The first-order valence-electron chi connectivity index (χ1n) is 5.85. The lowest BCUT2D eigenvalue weighted by Gasteiger charge is -2.12. The van der Waals surface area contributed by atoms with Crippen LogP contribution in [0, 0.1) is 0 Å². The molecular formula is C14H12F3N3. The Morgan fingerprint density at radius 1 is 1.10 bits per heavy atom. The fraction of sp³-hybridized carbons (Fsp3) is 0.143. The van der Waals surface area contributed by atoms with Crippen molar-refractivity contribution in [1.29, 1.82) is 0 Å². The van der Waals surface area contributed by atoms with Gasteiger partial charge < -0.3 is 0 Å². The lowest BCUT2D eigenvalue weighted by molar-refractivity contribution is -0.136. The number of aromatic nitrogens is 1. The second kappa shape index (κ2) is 5.73. The number of hydrogen-bond donors (Lipinski definition) is 1. The Balaban J connectivity index is 2.24. The molecule has 0 fully saturated rings. The highest BCUT2D eigenvalue weighted by Gasteiger charge is 2.33. The molecule has 1 N–H and O–H groups in total. The van der Waals surface area contributed by atoms with E-state index in [2.05, 4.69) is 15.5 Å². The van der Waals surface area contributed by atoms with E-state index in [1.807, 2.05) is 0 Å². The highest BCUT2D eigenvalue weighted by Crippen LogP contribution is 2.34. The van der Waals surface area contributed by atoms with Gasteiger partial charge in [-0.2, -0.15) is 18.3 Å². The summed E-state index contributed by atoms with van der Waals surface area (Å²) in [5, 5.41) is 3.98. The molecule has 6 heteroatoms. The fourth-order valence-electron chi connectivity index (χ4n) is 1.63. The number of benzene rings is 1. The summed E-state index contributed by atoms with van der Waals surface area (Å²) in [6.45, 7) is 1.71. The Kier molecular flexibility index (Phi) is 4.02. The summed E-state index contributed by atoms with van der Waals surface area (Å²) < 4.78 is 38.4. The molecule has 1 aromatic carbocycles. The van der Waals surface area contributed by atoms with Gasteiger partial charge in [0.2, 0.25) is 0 Å². The molecule has 2 aromatic rings. The van der Waals surface area contributed by atoms with Crippen molar-refractivity contribution < 1.29 is 13.2 Å². The van der Waals surface area contributed by atoms with Crippen LogP contribution in [0.3, 0.4) is 0 Å². The van der Waals surface area contributed by atoms with Crippen LogP contribution in [0.4, 0.5) is 18.9 Å². The molecule has 0 aliphatic carbocycles. The zero-order chi connectivity index (χ0) is 14.6. The third-order valence-electron chi connectivity index (χ3n) is 2.67. The summed E-state index contributed by atoms with van der Waals surface area (Å²) >= 11 is 0. The van der Waals surface area contributed by atoms with Crippen LogP contribution in [0.5, 0.6) is 0 Å². The van der Waals surface area contributed by atoms with Crippen molar-refractivity contribution in [3.8, 4) is 0 Å². The molecule has 20 heavy (non-hydrogen) atoms. The molecule has 0 spiro atoms. The van der Waals surface area contributed by atoms with Crippen LogP contribution in [0.15, 0.2) is 53.9 Å². The zero-order valence-electron chi connectivity index (χ0n) is 10.6. The van der Waals surface area contributed by atoms with Gasteiger partial charge in [0.1, 0.15) is 0 Å². The molecule has 0 unspecified atom stereocenters. The number of rotatable bonds is 3. The molecule has 0 aliphatic heterocycles. The van der Waals surface area contributed by atoms with E-state index in [0.29, 0.717) is 5.71 Å². The topological polar surface area (TPSA) is 37.3 Å². The SMILES string of the molecule is C/C(=N\Nc1ccccc1C(F)(F)F)c1ccncc1. The lowest BCUT2D eigenvalue weighted by Crippen LogP contribution is -2.09. The van der Waals surface area contributed by atoms with E-state index in [1.54, 1.807) is 31.5 Å². The van der Waals surface area contributed by atoms with Gasteiger partial charge >= 0.3 is 6.18 Å². The quantitative estimate of drug-likeness (QED) is 0.682. The average Bonchev–Trinajstić information content (AvgIpc) is 2.45. The molecule has 0 amide bonds. The van der Waals surface area contributed by atoms with Gasteiger partial charge in [-0.05, 0) is 31.2 Å². The summed E-state index contributed by atoms with van der Waals surface area (Å²) in [6.07, 6.45) is -1.22. The first-order valence-corrected chi connectivity index (χ1v) is 5.85. The normalized spacial score (nSPS) is 12.3. The van der Waals surface area contributed by atoms with Gasteiger partial charge in [0.05, 0.1) is 17.0 Å². The molecule has 0 radical (unpaired) electrons. The van der Waals surface area contributed by atoms with Gasteiger partial charge in [-0.15, -0.1) is 0 Å². The number of nitrogens with zero attached hydrogens (tertiary/aromatic N) is 2. The Morgan fingerprint density at radius 2 is 1.75 bits per heavy atom. The molecule has 0 aliphatic rings.